The molecule has 0 atom stereocenters. The molecular formula is C15H14ClN5O. The summed E-state index contributed by atoms with van der Waals surface area (Å²) in [5, 5.41) is 10.3. The van der Waals surface area contributed by atoms with Crippen molar-refractivity contribution < 1.29 is 4.79 Å². The first-order valence-electron chi connectivity index (χ1n) is 7.10. The number of carbonyl (C=O) groups is 1. The van der Waals surface area contributed by atoms with Crippen molar-refractivity contribution in [3.8, 4) is 0 Å². The molecule has 1 aliphatic carbocycles. The number of aryl methyl sites for hydroxylation is 1. The molecule has 2 heterocycles. The largest absolute Gasteiger partial charge is 0.313 e. The Morgan fingerprint density at radius 3 is 3.00 bits per heavy atom. The molecule has 4 rings (SSSR count). The lowest BCUT2D eigenvalue weighted by atomic mass is 10.2. The van der Waals surface area contributed by atoms with Gasteiger partial charge >= 0.3 is 0 Å². The Morgan fingerprint density at radius 2 is 2.27 bits per heavy atom. The second kappa shape index (κ2) is 4.84. The number of amides is 1. The summed E-state index contributed by atoms with van der Waals surface area (Å²) in [6.07, 6.45) is 3.77. The molecule has 0 radical (unpaired) electrons. The lowest BCUT2D eigenvalue weighted by Gasteiger charge is -2.05. The maximum absolute atomic E-state index is 12.5. The molecule has 6 nitrogen and oxygen atoms in total. The molecule has 1 saturated carbocycles. The fourth-order valence-corrected chi connectivity index (χ4v) is 2.83. The van der Waals surface area contributed by atoms with E-state index in [0.29, 0.717) is 28.0 Å². The van der Waals surface area contributed by atoms with Gasteiger partial charge < -0.3 is 4.57 Å². The highest BCUT2D eigenvalue weighted by atomic mass is 35.5. The first-order chi connectivity index (χ1) is 10.6. The van der Waals surface area contributed by atoms with Crippen molar-refractivity contribution in [2.45, 2.75) is 18.8 Å². The Hall–Kier alpha value is -2.34. The van der Waals surface area contributed by atoms with E-state index in [1.807, 2.05) is 23.7 Å². The molecule has 3 aromatic rings. The summed E-state index contributed by atoms with van der Waals surface area (Å²) in [7, 11) is 1.85. The SMILES string of the molecule is Cn1c(NC(=O)c2cn[nH]c2C2CC2)nc2c(Cl)cccc21. The molecule has 1 amide bonds. The summed E-state index contributed by atoms with van der Waals surface area (Å²) in [6, 6.07) is 5.56. The minimum absolute atomic E-state index is 0.204. The van der Waals surface area contributed by atoms with Gasteiger partial charge in [0.15, 0.2) is 0 Å². The molecule has 0 spiro atoms. The van der Waals surface area contributed by atoms with Crippen molar-refractivity contribution in [2.24, 2.45) is 7.05 Å². The van der Waals surface area contributed by atoms with Gasteiger partial charge in [0.25, 0.3) is 5.91 Å². The van der Waals surface area contributed by atoms with Crippen LogP contribution in [0.5, 0.6) is 0 Å². The summed E-state index contributed by atoms with van der Waals surface area (Å²) in [5.74, 6) is 0.694. The van der Waals surface area contributed by atoms with Crippen LogP contribution in [0.15, 0.2) is 24.4 Å². The third-order valence-electron chi connectivity index (χ3n) is 3.99. The number of H-pyrrole nitrogens is 1. The van der Waals surface area contributed by atoms with E-state index in [1.165, 1.54) is 0 Å². The van der Waals surface area contributed by atoms with Crippen molar-refractivity contribution in [3.05, 3.63) is 40.7 Å². The molecule has 0 saturated heterocycles. The highest BCUT2D eigenvalue weighted by molar-refractivity contribution is 6.35. The maximum atomic E-state index is 12.5. The maximum Gasteiger partial charge on any atom is 0.261 e. The van der Waals surface area contributed by atoms with Crippen LogP contribution in [-0.2, 0) is 7.05 Å². The van der Waals surface area contributed by atoms with E-state index >= 15 is 0 Å². The molecule has 1 aliphatic rings. The highest BCUT2D eigenvalue weighted by Crippen LogP contribution is 2.40. The fraction of sp³-hybridized carbons (Fsp3) is 0.267. The zero-order chi connectivity index (χ0) is 15.3. The first kappa shape index (κ1) is 13.3. The summed E-state index contributed by atoms with van der Waals surface area (Å²) in [6.45, 7) is 0. The topological polar surface area (TPSA) is 75.6 Å². The third-order valence-corrected chi connectivity index (χ3v) is 4.29. The van der Waals surface area contributed by atoms with E-state index in [2.05, 4.69) is 20.5 Å². The number of imidazole rings is 1. The lowest BCUT2D eigenvalue weighted by Crippen LogP contribution is -2.16. The number of benzene rings is 1. The van der Waals surface area contributed by atoms with Crippen molar-refractivity contribution in [3.63, 3.8) is 0 Å². The molecule has 1 fully saturated rings. The number of hydrogen-bond donors (Lipinski definition) is 2. The van der Waals surface area contributed by atoms with Crippen LogP contribution in [0.2, 0.25) is 5.02 Å². The van der Waals surface area contributed by atoms with Gasteiger partial charge in [-0.2, -0.15) is 5.10 Å². The van der Waals surface area contributed by atoms with E-state index in [4.69, 9.17) is 11.6 Å². The summed E-state index contributed by atoms with van der Waals surface area (Å²) in [4.78, 5) is 16.9. The van der Waals surface area contributed by atoms with Gasteiger partial charge in [-0.05, 0) is 25.0 Å². The lowest BCUT2D eigenvalue weighted by molar-refractivity contribution is 0.102. The van der Waals surface area contributed by atoms with Crippen molar-refractivity contribution in [1.82, 2.24) is 19.7 Å². The number of anilines is 1. The van der Waals surface area contributed by atoms with E-state index in [0.717, 1.165) is 24.1 Å². The van der Waals surface area contributed by atoms with Crippen LogP contribution in [0.25, 0.3) is 11.0 Å². The molecule has 0 aliphatic heterocycles. The number of hydrogen-bond acceptors (Lipinski definition) is 3. The zero-order valence-electron chi connectivity index (χ0n) is 11.9. The van der Waals surface area contributed by atoms with Gasteiger partial charge in [0.2, 0.25) is 5.95 Å². The van der Waals surface area contributed by atoms with E-state index in [1.54, 1.807) is 12.3 Å². The number of carbonyl (C=O) groups excluding carboxylic acids is 1. The van der Waals surface area contributed by atoms with Gasteiger partial charge in [-0.15, -0.1) is 0 Å². The van der Waals surface area contributed by atoms with E-state index in [9.17, 15) is 4.79 Å². The second-order valence-corrected chi connectivity index (χ2v) is 5.93. The Balaban J connectivity index is 1.68. The fourth-order valence-electron chi connectivity index (χ4n) is 2.62. The summed E-state index contributed by atoms with van der Waals surface area (Å²) in [5.41, 5.74) is 3.05. The highest BCUT2D eigenvalue weighted by Gasteiger charge is 2.30. The van der Waals surface area contributed by atoms with E-state index in [-0.39, 0.29) is 5.91 Å². The molecule has 2 N–H and O–H groups in total. The normalized spacial score (nSPS) is 14.5. The minimum Gasteiger partial charge on any atom is -0.313 e. The number of aromatic nitrogens is 4. The number of nitrogens with one attached hydrogen (secondary N) is 2. The van der Waals surface area contributed by atoms with Gasteiger partial charge in [0, 0.05) is 13.0 Å². The first-order valence-corrected chi connectivity index (χ1v) is 7.48. The number of halogens is 1. The van der Waals surface area contributed by atoms with Gasteiger partial charge in [-0.3, -0.25) is 15.2 Å². The van der Waals surface area contributed by atoms with Crippen molar-refractivity contribution in [2.75, 3.05) is 5.32 Å². The molecule has 0 bridgehead atoms. The standard InChI is InChI=1S/C15H14ClN5O/c1-21-11-4-2-3-10(16)13(11)18-15(21)19-14(22)9-7-17-20-12(9)8-5-6-8/h2-4,7-8H,5-6H2,1H3,(H,17,20)(H,18,19,22). The Bertz CT molecular complexity index is 877. The number of rotatable bonds is 3. The van der Waals surface area contributed by atoms with Crippen LogP contribution in [0.4, 0.5) is 5.95 Å². The van der Waals surface area contributed by atoms with Crippen LogP contribution in [0.3, 0.4) is 0 Å². The predicted octanol–water partition coefficient (Wildman–Crippen LogP) is 3.08. The van der Waals surface area contributed by atoms with Crippen LogP contribution < -0.4 is 5.32 Å². The number of aromatic amines is 1. The quantitative estimate of drug-likeness (QED) is 0.780. The average Bonchev–Trinajstić information content (AvgIpc) is 3.14. The van der Waals surface area contributed by atoms with Gasteiger partial charge in [-0.1, -0.05) is 17.7 Å². The van der Waals surface area contributed by atoms with Gasteiger partial charge in [0.1, 0.15) is 5.52 Å². The Kier molecular flexibility index (Phi) is 2.94. The summed E-state index contributed by atoms with van der Waals surface area (Å²) >= 11 is 6.15. The van der Waals surface area contributed by atoms with Crippen LogP contribution in [-0.4, -0.2) is 25.7 Å². The monoisotopic (exact) mass is 315 g/mol. The summed E-state index contributed by atoms with van der Waals surface area (Å²) < 4.78 is 1.82. The smallest absolute Gasteiger partial charge is 0.261 e. The molecule has 7 heteroatoms. The minimum atomic E-state index is -0.204. The van der Waals surface area contributed by atoms with Crippen LogP contribution >= 0.6 is 11.6 Å². The van der Waals surface area contributed by atoms with Crippen LogP contribution in [0, 0.1) is 0 Å². The third kappa shape index (κ3) is 2.07. The molecule has 112 valence electrons. The molecule has 22 heavy (non-hydrogen) atoms. The molecule has 2 aromatic heterocycles. The molecule has 1 aromatic carbocycles. The number of fused-ring (bicyclic) bond motifs is 1. The molecular weight excluding hydrogens is 302 g/mol. The zero-order valence-corrected chi connectivity index (χ0v) is 12.7. The van der Waals surface area contributed by atoms with Gasteiger partial charge in [-0.25, -0.2) is 4.98 Å². The van der Waals surface area contributed by atoms with Crippen molar-refractivity contribution in [1.29, 1.82) is 0 Å². The Labute approximate surface area is 131 Å². The second-order valence-electron chi connectivity index (χ2n) is 5.53. The van der Waals surface area contributed by atoms with Crippen molar-refractivity contribution >= 4 is 34.5 Å². The van der Waals surface area contributed by atoms with Crippen LogP contribution in [0.1, 0.15) is 34.8 Å². The predicted molar refractivity (Wildman–Crippen MR) is 84.2 cm³/mol. The molecule has 0 unspecified atom stereocenters. The number of para-hydroxylation sites is 1. The Morgan fingerprint density at radius 1 is 1.45 bits per heavy atom. The number of nitrogens with zero attached hydrogens (tertiary/aromatic N) is 3. The van der Waals surface area contributed by atoms with E-state index < -0.39 is 0 Å². The van der Waals surface area contributed by atoms with Gasteiger partial charge in [0.05, 0.1) is 28.0 Å². The average molecular weight is 316 g/mol.